The molecule has 1 atom stereocenters. The van der Waals surface area contributed by atoms with Gasteiger partial charge >= 0.3 is 0 Å². The summed E-state index contributed by atoms with van der Waals surface area (Å²) in [5.74, 6) is 1.50. The number of amidine groups is 2. The zero-order valence-corrected chi connectivity index (χ0v) is 33.9. The molecule has 1 aliphatic heterocycles. The van der Waals surface area contributed by atoms with Crippen molar-refractivity contribution >= 4 is 87.5 Å². The van der Waals surface area contributed by atoms with E-state index in [1.165, 1.54) is 81.9 Å². The van der Waals surface area contributed by atoms with E-state index in [0.717, 1.165) is 49.9 Å². The van der Waals surface area contributed by atoms with E-state index in [0.29, 0.717) is 5.84 Å². The van der Waals surface area contributed by atoms with Gasteiger partial charge in [0.1, 0.15) is 23.2 Å². The van der Waals surface area contributed by atoms with Crippen molar-refractivity contribution in [2.45, 2.75) is 6.17 Å². The van der Waals surface area contributed by atoms with E-state index in [1.54, 1.807) is 0 Å². The standard InChI is InChI=1S/C59H35N3O/c1-2-13-35-30-39(25-24-34(35)12-1)57-60-58(62-59(61-57)51-32-36-14-3-4-16-40(36)42-17-6-8-20-45(42)51)48-29-28-41(43-18-5-7-19-44(43)48)37-26-27-47-50(31-37)46-22-11-15-38-33-53-55(56(47)54(38)46)49-21-9-10-23-52(49)63-53/h1-33,59H,(H,60,61,62). The molecule has 4 heteroatoms. The van der Waals surface area contributed by atoms with E-state index in [-0.39, 0.29) is 6.17 Å². The zero-order valence-electron chi connectivity index (χ0n) is 33.9. The van der Waals surface area contributed by atoms with E-state index < -0.39 is 0 Å². The molecule has 2 aliphatic rings. The highest BCUT2D eigenvalue weighted by atomic mass is 16.3. The first-order valence-electron chi connectivity index (χ1n) is 21.6. The van der Waals surface area contributed by atoms with E-state index in [4.69, 9.17) is 14.4 Å². The molecule has 0 saturated heterocycles. The Morgan fingerprint density at radius 1 is 0.381 bits per heavy atom. The normalized spacial score (nSPS) is 14.5. The molecule has 292 valence electrons. The number of hydrogen-bond donors (Lipinski definition) is 1. The van der Waals surface area contributed by atoms with Crippen molar-refractivity contribution in [2.24, 2.45) is 9.98 Å². The zero-order chi connectivity index (χ0) is 41.2. The summed E-state index contributed by atoms with van der Waals surface area (Å²) in [6, 6.07) is 72.1. The molecule has 0 amide bonds. The number of aliphatic imine (C=N–C) groups is 2. The van der Waals surface area contributed by atoms with Gasteiger partial charge in [0, 0.05) is 33.0 Å². The second-order valence-corrected chi connectivity index (χ2v) is 16.8. The molecule has 0 saturated carbocycles. The number of rotatable bonds is 4. The average Bonchev–Trinajstić information content (AvgIpc) is 3.89. The average molecular weight is 802 g/mol. The van der Waals surface area contributed by atoms with Crippen LogP contribution in [0.5, 0.6) is 0 Å². The van der Waals surface area contributed by atoms with Gasteiger partial charge in [0.15, 0.2) is 5.84 Å². The Morgan fingerprint density at radius 3 is 1.92 bits per heavy atom. The number of furan rings is 1. The van der Waals surface area contributed by atoms with Crippen molar-refractivity contribution in [3.8, 4) is 33.4 Å². The Morgan fingerprint density at radius 2 is 1.05 bits per heavy atom. The first-order valence-corrected chi connectivity index (χ1v) is 21.6. The maximum absolute atomic E-state index is 6.44. The van der Waals surface area contributed by atoms with Gasteiger partial charge in [0.05, 0.1) is 0 Å². The summed E-state index contributed by atoms with van der Waals surface area (Å²) in [7, 11) is 0. The molecular formula is C59H35N3O. The van der Waals surface area contributed by atoms with Gasteiger partial charge in [-0.1, -0.05) is 164 Å². The summed E-state index contributed by atoms with van der Waals surface area (Å²) in [6.07, 6.45) is -0.383. The lowest BCUT2D eigenvalue weighted by Gasteiger charge is -2.26. The fraction of sp³-hybridized carbons (Fsp3) is 0.0169. The first kappa shape index (κ1) is 34.4. The molecule has 1 N–H and O–H groups in total. The van der Waals surface area contributed by atoms with Crippen molar-refractivity contribution in [2.75, 3.05) is 0 Å². The summed E-state index contributed by atoms with van der Waals surface area (Å²) in [5.41, 5.74) is 12.3. The van der Waals surface area contributed by atoms with Crippen LogP contribution in [-0.4, -0.2) is 11.7 Å². The molecule has 4 nitrogen and oxygen atoms in total. The Kier molecular flexibility index (Phi) is 7.14. The van der Waals surface area contributed by atoms with Gasteiger partial charge in [0.25, 0.3) is 0 Å². The van der Waals surface area contributed by atoms with Crippen LogP contribution in [0, 0.1) is 0 Å². The third kappa shape index (κ3) is 5.09. The lowest BCUT2D eigenvalue weighted by atomic mass is 9.91. The summed E-state index contributed by atoms with van der Waals surface area (Å²) in [4.78, 5) is 10.9. The third-order valence-electron chi connectivity index (χ3n) is 13.4. The molecule has 1 aliphatic carbocycles. The lowest BCUT2D eigenvalue weighted by Crippen LogP contribution is -2.33. The molecule has 0 radical (unpaired) electrons. The number of benzene rings is 11. The predicted molar refractivity (Wildman–Crippen MR) is 263 cm³/mol. The molecule has 0 spiro atoms. The summed E-state index contributed by atoms with van der Waals surface area (Å²) in [5, 5.41) is 18.1. The minimum absolute atomic E-state index is 0.383. The van der Waals surface area contributed by atoms with Gasteiger partial charge in [-0.05, 0) is 118 Å². The number of nitrogens with one attached hydrogen (secondary N) is 1. The minimum atomic E-state index is -0.383. The van der Waals surface area contributed by atoms with Crippen molar-refractivity contribution in [1.82, 2.24) is 5.32 Å². The predicted octanol–water partition coefficient (Wildman–Crippen LogP) is 15.2. The second kappa shape index (κ2) is 13.1. The molecule has 0 fully saturated rings. The van der Waals surface area contributed by atoms with Crippen LogP contribution in [0.25, 0.3) is 109 Å². The third-order valence-corrected chi connectivity index (χ3v) is 13.4. The Labute approximate surface area is 362 Å². The van der Waals surface area contributed by atoms with Crippen LogP contribution >= 0.6 is 0 Å². The molecule has 11 aromatic carbocycles. The molecular weight excluding hydrogens is 767 g/mol. The first-order chi connectivity index (χ1) is 31.2. The topological polar surface area (TPSA) is 49.9 Å². The van der Waals surface area contributed by atoms with Crippen molar-refractivity contribution in [3.63, 3.8) is 0 Å². The van der Waals surface area contributed by atoms with E-state index in [2.05, 4.69) is 199 Å². The fourth-order valence-corrected chi connectivity index (χ4v) is 10.6. The van der Waals surface area contributed by atoms with Crippen molar-refractivity contribution in [3.05, 3.63) is 217 Å². The SMILES string of the molecule is c1ccc2cc(C3=NC(c4ccc(-c5ccc6c(c5)-c5cccc7cc8oc9ccccc9c8c-6c57)c5ccccc45)=NC(c4cc5ccccc5c5ccccc45)N3)ccc2c1. The number of nitrogens with zero attached hydrogens (tertiary/aromatic N) is 2. The monoisotopic (exact) mass is 801 g/mol. The quantitative estimate of drug-likeness (QED) is 0.180. The summed E-state index contributed by atoms with van der Waals surface area (Å²) in [6.45, 7) is 0. The van der Waals surface area contributed by atoms with Crippen LogP contribution in [0.15, 0.2) is 215 Å². The van der Waals surface area contributed by atoms with Gasteiger partial charge < -0.3 is 9.73 Å². The molecule has 2 heterocycles. The summed E-state index contributed by atoms with van der Waals surface area (Å²) >= 11 is 0. The lowest BCUT2D eigenvalue weighted by molar-refractivity contribution is 0.669. The highest BCUT2D eigenvalue weighted by molar-refractivity contribution is 6.28. The van der Waals surface area contributed by atoms with Gasteiger partial charge in [-0.3, -0.25) is 0 Å². The van der Waals surface area contributed by atoms with Crippen LogP contribution < -0.4 is 5.32 Å². The van der Waals surface area contributed by atoms with Crippen molar-refractivity contribution < 1.29 is 4.42 Å². The molecule has 0 bridgehead atoms. The van der Waals surface area contributed by atoms with E-state index in [9.17, 15) is 0 Å². The van der Waals surface area contributed by atoms with Crippen molar-refractivity contribution in [1.29, 1.82) is 0 Å². The molecule has 12 aromatic rings. The summed E-state index contributed by atoms with van der Waals surface area (Å²) < 4.78 is 6.44. The molecule has 63 heavy (non-hydrogen) atoms. The fourth-order valence-electron chi connectivity index (χ4n) is 10.6. The highest BCUT2D eigenvalue weighted by Gasteiger charge is 2.28. The highest BCUT2D eigenvalue weighted by Crippen LogP contribution is 2.53. The second-order valence-electron chi connectivity index (χ2n) is 16.8. The minimum Gasteiger partial charge on any atom is -0.456 e. The van der Waals surface area contributed by atoms with E-state index in [1.807, 2.05) is 6.07 Å². The Bertz CT molecular complexity index is 4020. The van der Waals surface area contributed by atoms with Gasteiger partial charge in [-0.25, -0.2) is 9.98 Å². The maximum Gasteiger partial charge on any atom is 0.160 e. The number of para-hydroxylation sites is 1. The number of fused-ring (bicyclic) bond motifs is 12. The molecule has 1 aromatic heterocycles. The Balaban J connectivity index is 0.948. The van der Waals surface area contributed by atoms with Crippen LogP contribution in [0.1, 0.15) is 22.9 Å². The van der Waals surface area contributed by atoms with Gasteiger partial charge in [-0.2, -0.15) is 0 Å². The van der Waals surface area contributed by atoms with Crippen LogP contribution in [0.3, 0.4) is 0 Å². The van der Waals surface area contributed by atoms with Gasteiger partial charge in [-0.15, -0.1) is 0 Å². The largest absolute Gasteiger partial charge is 0.456 e. The molecule has 14 rings (SSSR count). The Hall–Kier alpha value is -8.34. The molecule has 1 unspecified atom stereocenters. The smallest absolute Gasteiger partial charge is 0.160 e. The van der Waals surface area contributed by atoms with Crippen LogP contribution in [0.2, 0.25) is 0 Å². The number of hydrogen-bond acceptors (Lipinski definition) is 4. The van der Waals surface area contributed by atoms with E-state index >= 15 is 0 Å². The van der Waals surface area contributed by atoms with Crippen LogP contribution in [-0.2, 0) is 0 Å². The maximum atomic E-state index is 6.44. The van der Waals surface area contributed by atoms with Crippen LogP contribution in [0.4, 0.5) is 0 Å². The van der Waals surface area contributed by atoms with Gasteiger partial charge in [0.2, 0.25) is 0 Å².